The summed E-state index contributed by atoms with van der Waals surface area (Å²) in [6.07, 6.45) is 2.73. The van der Waals surface area contributed by atoms with E-state index in [1.54, 1.807) is 28.2 Å². The maximum Gasteiger partial charge on any atom is 0.410 e. The van der Waals surface area contributed by atoms with Crippen molar-refractivity contribution in [3.05, 3.63) is 66.2 Å². The summed E-state index contributed by atoms with van der Waals surface area (Å²) in [7, 11) is 1.65. The minimum Gasteiger partial charge on any atom is -0.482 e. The van der Waals surface area contributed by atoms with Gasteiger partial charge in [-0.25, -0.2) is 4.79 Å². The topological polar surface area (TPSA) is 88.6 Å². The monoisotopic (exact) mass is 669 g/mol. The van der Waals surface area contributed by atoms with Crippen molar-refractivity contribution in [2.24, 2.45) is 5.92 Å². The molecule has 3 heterocycles. The van der Waals surface area contributed by atoms with Gasteiger partial charge in [0.05, 0.1) is 11.6 Å². The molecule has 2 fully saturated rings. The number of hydrogen-bond donors (Lipinski definition) is 0. The molecule has 1 saturated carbocycles. The van der Waals surface area contributed by atoms with E-state index in [1.807, 2.05) is 43.9 Å². The summed E-state index contributed by atoms with van der Waals surface area (Å²) in [5.74, 6) is -0.0758. The highest BCUT2D eigenvalue weighted by Gasteiger charge is 2.44. The highest BCUT2D eigenvalue weighted by molar-refractivity contribution is 7.25. The van der Waals surface area contributed by atoms with E-state index in [0.717, 1.165) is 24.1 Å². The lowest BCUT2D eigenvalue weighted by Gasteiger charge is -2.41. The van der Waals surface area contributed by atoms with Crippen LogP contribution >= 0.6 is 11.3 Å². The van der Waals surface area contributed by atoms with Crippen LogP contribution in [0.4, 0.5) is 16.2 Å². The third-order valence-electron chi connectivity index (χ3n) is 9.45. The summed E-state index contributed by atoms with van der Waals surface area (Å²) >= 11 is 1.78. The number of fused-ring (bicyclic) bond motifs is 4. The molecule has 10 heteroatoms. The van der Waals surface area contributed by atoms with Gasteiger partial charge >= 0.3 is 6.09 Å². The normalized spacial score (nSPS) is 19.7. The quantitative estimate of drug-likeness (QED) is 0.182. The van der Waals surface area contributed by atoms with Crippen LogP contribution in [-0.2, 0) is 19.1 Å². The molecule has 3 aliphatic rings. The van der Waals surface area contributed by atoms with Crippen molar-refractivity contribution in [3.63, 3.8) is 0 Å². The molecule has 2 atom stereocenters. The second kappa shape index (κ2) is 13.0. The van der Waals surface area contributed by atoms with Gasteiger partial charge in [-0.15, -0.1) is 11.3 Å². The molecule has 0 radical (unpaired) electrons. The smallest absolute Gasteiger partial charge is 0.410 e. The van der Waals surface area contributed by atoms with Crippen molar-refractivity contribution in [3.8, 4) is 5.75 Å². The number of methoxy groups -OCH3 is 1. The van der Waals surface area contributed by atoms with Crippen LogP contribution in [0.25, 0.3) is 20.2 Å². The Hall–Kier alpha value is -4.15. The third-order valence-corrected chi connectivity index (χ3v) is 10.6. The van der Waals surface area contributed by atoms with Gasteiger partial charge in [-0.1, -0.05) is 24.3 Å². The summed E-state index contributed by atoms with van der Waals surface area (Å²) < 4.78 is 19.3. The number of anilines is 2. The highest BCUT2D eigenvalue weighted by Crippen LogP contribution is 2.44. The Bertz CT molecular complexity index is 1860. The molecule has 0 spiro atoms. The SMILES string of the molecule is COCCCN1C(=O)COc2ccc(N(C(=O)[C@H]3CN(C(=O)OC(C)(C)C)CC[C@@H]3c3ccc4sc5ccccc5c4c3)C3CC3)cc21. The van der Waals surface area contributed by atoms with Crippen LogP contribution in [0.2, 0.25) is 0 Å². The number of carbonyl (C=O) groups excluding carboxylic acids is 3. The predicted octanol–water partition coefficient (Wildman–Crippen LogP) is 7.35. The largest absolute Gasteiger partial charge is 0.482 e. The van der Waals surface area contributed by atoms with Gasteiger partial charge in [-0.3, -0.25) is 9.59 Å². The first-order chi connectivity index (χ1) is 23.1. The fraction of sp³-hybridized carbons (Fsp3) is 0.447. The number of rotatable bonds is 8. The number of likely N-dealkylation sites (tertiary alicyclic amines) is 1. The van der Waals surface area contributed by atoms with Gasteiger partial charge in [0.2, 0.25) is 5.91 Å². The Labute approximate surface area is 285 Å². The molecule has 0 N–H and O–H groups in total. The molecule has 1 aromatic heterocycles. The second-order valence-corrected chi connectivity index (χ2v) is 15.1. The van der Waals surface area contributed by atoms with Crippen molar-refractivity contribution < 1.29 is 28.6 Å². The maximum atomic E-state index is 15.0. The molecule has 3 amide bonds. The molecule has 4 aromatic rings. The van der Waals surface area contributed by atoms with Crippen molar-refractivity contribution in [1.82, 2.24) is 4.90 Å². The van der Waals surface area contributed by atoms with Gasteiger partial charge in [-0.2, -0.15) is 0 Å². The average molecular weight is 670 g/mol. The summed E-state index contributed by atoms with van der Waals surface area (Å²) in [6.45, 7) is 7.37. The standard InChI is InChI=1S/C38H43N3O6S/c1-38(2,3)47-37(44)39-18-16-27(24-10-15-34-29(20-24)28-8-5-6-9-33(28)48-34)30(22-39)36(43)41(25-11-12-25)26-13-14-32-31(21-26)40(17-7-19-45-4)35(42)23-46-32/h5-6,8-10,13-15,20-21,25,27,30H,7,11-12,16-19,22-23H2,1-4H3/t27-,30+/m1/s1. The Morgan fingerprint density at radius 1 is 1.00 bits per heavy atom. The van der Waals surface area contributed by atoms with Gasteiger partial charge in [-0.05, 0) is 94.3 Å². The zero-order valence-corrected chi connectivity index (χ0v) is 28.9. The molecule has 1 aliphatic carbocycles. The summed E-state index contributed by atoms with van der Waals surface area (Å²) in [6, 6.07) is 20.8. The molecule has 2 aliphatic heterocycles. The number of hydrogen-bond acceptors (Lipinski definition) is 7. The lowest BCUT2D eigenvalue weighted by Crippen LogP contribution is -2.51. The first kappa shape index (κ1) is 32.4. The van der Waals surface area contributed by atoms with Crippen LogP contribution in [0.1, 0.15) is 57.9 Å². The number of amides is 3. The highest BCUT2D eigenvalue weighted by atomic mass is 32.1. The van der Waals surface area contributed by atoms with Crippen LogP contribution in [0.5, 0.6) is 5.75 Å². The Balaban J connectivity index is 1.25. The molecule has 9 nitrogen and oxygen atoms in total. The number of ether oxygens (including phenoxy) is 3. The fourth-order valence-electron chi connectivity index (χ4n) is 7.05. The van der Waals surface area contributed by atoms with E-state index in [1.165, 1.54) is 20.2 Å². The Morgan fingerprint density at radius 2 is 1.79 bits per heavy atom. The minimum atomic E-state index is -0.643. The molecule has 48 heavy (non-hydrogen) atoms. The molecular formula is C38H43N3O6S. The number of carbonyl (C=O) groups is 3. The number of thiophene rings is 1. The van der Waals surface area contributed by atoms with E-state index in [4.69, 9.17) is 14.2 Å². The zero-order valence-electron chi connectivity index (χ0n) is 28.1. The molecule has 0 bridgehead atoms. The molecule has 7 rings (SSSR count). The molecule has 1 saturated heterocycles. The number of piperidine rings is 1. The van der Waals surface area contributed by atoms with Crippen LogP contribution in [0.15, 0.2) is 60.7 Å². The maximum absolute atomic E-state index is 15.0. The van der Waals surface area contributed by atoms with Gasteiger partial charge in [0, 0.05) is 65.3 Å². The summed E-state index contributed by atoms with van der Waals surface area (Å²) in [4.78, 5) is 46.6. The minimum absolute atomic E-state index is 0.0139. The van der Waals surface area contributed by atoms with Crippen LogP contribution in [-0.4, -0.2) is 74.4 Å². The lowest BCUT2D eigenvalue weighted by molar-refractivity contribution is -0.124. The van der Waals surface area contributed by atoms with E-state index in [9.17, 15) is 14.4 Å². The van der Waals surface area contributed by atoms with E-state index in [2.05, 4.69) is 42.5 Å². The van der Waals surface area contributed by atoms with E-state index in [-0.39, 0.29) is 36.9 Å². The molecular weight excluding hydrogens is 627 g/mol. The van der Waals surface area contributed by atoms with Gasteiger partial charge < -0.3 is 28.9 Å². The van der Waals surface area contributed by atoms with Crippen molar-refractivity contribution in [2.45, 2.75) is 64.0 Å². The zero-order chi connectivity index (χ0) is 33.6. The van der Waals surface area contributed by atoms with Gasteiger partial charge in [0.1, 0.15) is 11.4 Å². The van der Waals surface area contributed by atoms with E-state index < -0.39 is 17.6 Å². The van der Waals surface area contributed by atoms with E-state index >= 15 is 0 Å². The Morgan fingerprint density at radius 3 is 2.56 bits per heavy atom. The Kier molecular flexibility index (Phi) is 8.81. The van der Waals surface area contributed by atoms with Crippen molar-refractivity contribution >= 4 is 60.8 Å². The molecule has 0 unspecified atom stereocenters. The fourth-order valence-corrected chi connectivity index (χ4v) is 8.14. The number of nitrogens with zero attached hydrogens (tertiary/aromatic N) is 3. The van der Waals surface area contributed by atoms with Gasteiger partial charge in [0.25, 0.3) is 5.91 Å². The van der Waals surface area contributed by atoms with Gasteiger partial charge in [0.15, 0.2) is 6.61 Å². The second-order valence-electron chi connectivity index (χ2n) is 14.1. The first-order valence-corrected chi connectivity index (χ1v) is 17.7. The van der Waals surface area contributed by atoms with Crippen LogP contribution in [0, 0.1) is 5.92 Å². The van der Waals surface area contributed by atoms with Crippen LogP contribution < -0.4 is 14.5 Å². The third kappa shape index (κ3) is 6.48. The predicted molar refractivity (Wildman–Crippen MR) is 189 cm³/mol. The lowest BCUT2D eigenvalue weighted by atomic mass is 9.79. The van der Waals surface area contributed by atoms with Crippen molar-refractivity contribution in [2.75, 3.05) is 49.8 Å². The van der Waals surface area contributed by atoms with Crippen LogP contribution in [0.3, 0.4) is 0 Å². The summed E-state index contributed by atoms with van der Waals surface area (Å²) in [5.41, 5.74) is 1.88. The first-order valence-electron chi connectivity index (χ1n) is 16.9. The molecule has 252 valence electrons. The number of benzene rings is 3. The molecule has 3 aromatic carbocycles. The average Bonchev–Trinajstić information content (AvgIpc) is 3.83. The summed E-state index contributed by atoms with van der Waals surface area (Å²) in [5, 5.41) is 2.41. The van der Waals surface area contributed by atoms with E-state index in [0.29, 0.717) is 44.0 Å². The van der Waals surface area contributed by atoms with Crippen molar-refractivity contribution in [1.29, 1.82) is 0 Å².